The summed E-state index contributed by atoms with van der Waals surface area (Å²) in [4.78, 5) is 3.57. The number of nitrogens with one attached hydrogen (secondary N) is 1. The smallest absolute Gasteiger partial charge is 0.243 e. The highest BCUT2D eigenvalue weighted by molar-refractivity contribution is 7.89. The van der Waals surface area contributed by atoms with Gasteiger partial charge in [-0.05, 0) is 50.1 Å². The van der Waals surface area contributed by atoms with Crippen molar-refractivity contribution in [3.05, 3.63) is 83.8 Å². The lowest BCUT2D eigenvalue weighted by molar-refractivity contribution is 0.403. The Morgan fingerprint density at radius 3 is 2.57 bits per heavy atom. The first kappa shape index (κ1) is 20.4. The van der Waals surface area contributed by atoms with Crippen LogP contribution in [0.4, 0.5) is 0 Å². The van der Waals surface area contributed by atoms with Gasteiger partial charge in [-0.25, -0.2) is 8.42 Å². The molecular weight excluding hydrogens is 396 g/mol. The number of fused-ring (bicyclic) bond motifs is 1. The highest BCUT2D eigenvalue weighted by Gasteiger charge is 2.25. The van der Waals surface area contributed by atoms with E-state index >= 15 is 0 Å². The molecule has 30 heavy (non-hydrogen) atoms. The summed E-state index contributed by atoms with van der Waals surface area (Å²) in [7, 11) is -3.65. The lowest BCUT2D eigenvalue weighted by Crippen LogP contribution is -2.32. The number of rotatable bonds is 8. The van der Waals surface area contributed by atoms with Crippen LogP contribution in [-0.4, -0.2) is 34.0 Å². The van der Waals surface area contributed by atoms with E-state index in [2.05, 4.69) is 16.1 Å². The van der Waals surface area contributed by atoms with Gasteiger partial charge in [-0.15, -0.1) is 0 Å². The topological polar surface area (TPSA) is 71.0 Å². The van der Waals surface area contributed by atoms with Gasteiger partial charge in [0.15, 0.2) is 0 Å². The summed E-state index contributed by atoms with van der Waals surface area (Å²) in [5, 5.41) is 5.61. The monoisotopic (exact) mass is 422 g/mol. The molecule has 0 atom stereocenters. The molecule has 7 heteroatoms. The highest BCUT2D eigenvalue weighted by atomic mass is 32.2. The fourth-order valence-electron chi connectivity index (χ4n) is 3.57. The molecule has 0 amide bonds. The van der Waals surface area contributed by atoms with Crippen LogP contribution >= 0.6 is 0 Å². The van der Waals surface area contributed by atoms with Crippen LogP contribution in [0.2, 0.25) is 0 Å². The van der Waals surface area contributed by atoms with Crippen molar-refractivity contribution in [2.45, 2.75) is 38.3 Å². The summed E-state index contributed by atoms with van der Waals surface area (Å²) >= 11 is 0. The molecule has 0 saturated heterocycles. The van der Waals surface area contributed by atoms with Gasteiger partial charge in [0.25, 0.3) is 0 Å². The van der Waals surface area contributed by atoms with E-state index in [1.165, 1.54) is 4.31 Å². The third-order valence-electron chi connectivity index (χ3n) is 5.32. The van der Waals surface area contributed by atoms with Crippen molar-refractivity contribution in [1.29, 1.82) is 0 Å². The molecule has 2 aromatic carbocycles. The summed E-state index contributed by atoms with van der Waals surface area (Å²) in [6, 6.07) is 17.0. The molecule has 0 aliphatic carbocycles. The average molecular weight is 423 g/mol. The van der Waals surface area contributed by atoms with Gasteiger partial charge in [0.2, 0.25) is 10.0 Å². The van der Waals surface area contributed by atoms with Gasteiger partial charge in [-0.2, -0.15) is 9.40 Å². The Balaban J connectivity index is 1.63. The number of benzene rings is 2. The van der Waals surface area contributed by atoms with Crippen LogP contribution in [0.5, 0.6) is 0 Å². The molecular formula is C23H26N4O2S. The van der Waals surface area contributed by atoms with Gasteiger partial charge in [0.05, 0.1) is 17.1 Å². The second-order valence-corrected chi connectivity index (χ2v) is 9.36. The van der Waals surface area contributed by atoms with Crippen LogP contribution < -0.4 is 0 Å². The minimum absolute atomic E-state index is 0.242. The number of aryl methyl sites for hydroxylation is 2. The molecule has 6 nitrogen and oxygen atoms in total. The molecule has 0 fully saturated rings. The Labute approximate surface area is 177 Å². The fraction of sp³-hybridized carbons (Fsp3) is 0.261. The van der Waals surface area contributed by atoms with E-state index < -0.39 is 10.0 Å². The first-order chi connectivity index (χ1) is 14.5. The minimum Gasteiger partial charge on any atom is -0.361 e. The number of hydrogen-bond acceptors (Lipinski definition) is 3. The molecule has 0 saturated carbocycles. The lowest BCUT2D eigenvalue weighted by Gasteiger charge is -2.21. The number of aromatic nitrogens is 3. The Kier molecular flexibility index (Phi) is 5.74. The molecule has 2 heterocycles. The van der Waals surface area contributed by atoms with E-state index in [0.717, 1.165) is 34.3 Å². The molecule has 156 valence electrons. The quantitative estimate of drug-likeness (QED) is 0.464. The molecule has 2 aromatic heterocycles. The normalized spacial score (nSPS) is 12.1. The van der Waals surface area contributed by atoms with Crippen molar-refractivity contribution >= 4 is 20.9 Å². The predicted octanol–water partition coefficient (Wildman–Crippen LogP) is 4.13. The second kappa shape index (κ2) is 8.45. The zero-order valence-corrected chi connectivity index (χ0v) is 18.1. The van der Waals surface area contributed by atoms with Crippen LogP contribution in [0.3, 0.4) is 0 Å². The first-order valence-electron chi connectivity index (χ1n) is 10.1. The van der Waals surface area contributed by atoms with Gasteiger partial charge in [-0.3, -0.25) is 4.68 Å². The standard InChI is InChI=1S/C23H26N4O2S/c1-3-26-14-13-20(25-26)17-27(30(28,29)21-10-8-18(2)9-11-21)15-12-19-16-24-23-7-5-4-6-22(19)23/h4-11,13-14,16,24H,3,12,15,17H2,1-2H3. The van der Waals surface area contributed by atoms with Gasteiger partial charge >= 0.3 is 0 Å². The van der Waals surface area contributed by atoms with Crippen molar-refractivity contribution in [2.24, 2.45) is 0 Å². The third kappa shape index (κ3) is 4.17. The first-order valence-corrected chi connectivity index (χ1v) is 11.6. The van der Waals surface area contributed by atoms with E-state index in [9.17, 15) is 8.42 Å². The number of H-pyrrole nitrogens is 1. The molecule has 0 aliphatic rings. The summed E-state index contributed by atoms with van der Waals surface area (Å²) in [5.41, 5.74) is 3.93. The molecule has 0 spiro atoms. The van der Waals surface area contributed by atoms with E-state index in [1.54, 1.807) is 12.1 Å². The summed E-state index contributed by atoms with van der Waals surface area (Å²) < 4.78 is 30.2. The molecule has 4 aromatic rings. The Morgan fingerprint density at radius 2 is 1.83 bits per heavy atom. The maximum absolute atomic E-state index is 13.4. The van der Waals surface area contributed by atoms with Gasteiger partial charge in [0, 0.05) is 36.4 Å². The second-order valence-electron chi connectivity index (χ2n) is 7.42. The van der Waals surface area contributed by atoms with Crippen LogP contribution in [0.25, 0.3) is 10.9 Å². The van der Waals surface area contributed by atoms with Crippen LogP contribution in [-0.2, 0) is 29.5 Å². The number of sulfonamides is 1. The van der Waals surface area contributed by atoms with Crippen LogP contribution in [0.15, 0.2) is 71.9 Å². The maximum Gasteiger partial charge on any atom is 0.243 e. The molecule has 0 unspecified atom stereocenters. The maximum atomic E-state index is 13.4. The number of hydrogen-bond donors (Lipinski definition) is 1. The van der Waals surface area contributed by atoms with Crippen LogP contribution in [0.1, 0.15) is 23.7 Å². The Morgan fingerprint density at radius 1 is 1.07 bits per heavy atom. The van der Waals surface area contributed by atoms with E-state index in [-0.39, 0.29) is 6.54 Å². The lowest BCUT2D eigenvalue weighted by atomic mass is 10.1. The zero-order chi connectivity index (χ0) is 21.1. The Hall–Kier alpha value is -2.90. The van der Waals surface area contributed by atoms with Crippen molar-refractivity contribution < 1.29 is 8.42 Å². The average Bonchev–Trinajstić information content (AvgIpc) is 3.38. The van der Waals surface area contributed by atoms with Gasteiger partial charge in [-0.1, -0.05) is 35.9 Å². The number of aromatic amines is 1. The molecule has 4 rings (SSSR count). The Bertz CT molecular complexity index is 1240. The van der Waals surface area contributed by atoms with Crippen LogP contribution in [0, 0.1) is 6.92 Å². The predicted molar refractivity (Wildman–Crippen MR) is 119 cm³/mol. The number of nitrogens with zero attached hydrogens (tertiary/aromatic N) is 3. The number of para-hydroxylation sites is 1. The zero-order valence-electron chi connectivity index (χ0n) is 17.2. The fourth-order valence-corrected chi connectivity index (χ4v) is 4.98. The van der Waals surface area contributed by atoms with Crippen molar-refractivity contribution in [3.63, 3.8) is 0 Å². The van der Waals surface area contributed by atoms with Crippen molar-refractivity contribution in [3.8, 4) is 0 Å². The highest BCUT2D eigenvalue weighted by Crippen LogP contribution is 2.22. The van der Waals surface area contributed by atoms with Gasteiger partial charge in [0.1, 0.15) is 0 Å². The summed E-state index contributed by atoms with van der Waals surface area (Å²) in [6.45, 7) is 5.32. The summed E-state index contributed by atoms with van der Waals surface area (Å²) in [5.74, 6) is 0. The SMILES string of the molecule is CCn1ccc(CN(CCc2c[nH]c3ccccc23)S(=O)(=O)c2ccc(C)cc2)n1. The minimum atomic E-state index is -3.65. The third-order valence-corrected chi connectivity index (χ3v) is 7.18. The largest absolute Gasteiger partial charge is 0.361 e. The molecule has 0 bridgehead atoms. The van der Waals surface area contributed by atoms with Crippen molar-refractivity contribution in [2.75, 3.05) is 6.54 Å². The van der Waals surface area contributed by atoms with E-state index in [0.29, 0.717) is 17.9 Å². The molecule has 0 aliphatic heterocycles. The van der Waals surface area contributed by atoms with E-state index in [1.807, 2.05) is 67.3 Å². The molecule has 0 radical (unpaired) electrons. The molecule has 1 N–H and O–H groups in total. The summed E-state index contributed by atoms with van der Waals surface area (Å²) in [6.07, 6.45) is 4.46. The van der Waals surface area contributed by atoms with Crippen molar-refractivity contribution in [1.82, 2.24) is 19.1 Å². The van der Waals surface area contributed by atoms with E-state index in [4.69, 9.17) is 0 Å². The van der Waals surface area contributed by atoms with Gasteiger partial charge < -0.3 is 4.98 Å².